The Morgan fingerprint density at radius 2 is 1.68 bits per heavy atom. The molecule has 0 aliphatic carbocycles. The number of hydrogen-bond donors (Lipinski definition) is 1. The van der Waals surface area contributed by atoms with Gasteiger partial charge >= 0.3 is 0 Å². The molecule has 34 heavy (non-hydrogen) atoms. The third-order valence-corrected chi connectivity index (χ3v) is 5.13. The van der Waals surface area contributed by atoms with E-state index in [9.17, 15) is 9.59 Å². The number of ether oxygens (including phenoxy) is 3. The highest BCUT2D eigenvalue weighted by Crippen LogP contribution is 2.31. The average molecular weight is 459 g/mol. The first-order chi connectivity index (χ1) is 16.6. The van der Waals surface area contributed by atoms with Crippen LogP contribution < -0.4 is 25.0 Å². The van der Waals surface area contributed by atoms with Crippen molar-refractivity contribution >= 4 is 22.6 Å². The van der Waals surface area contributed by atoms with E-state index in [2.05, 4.69) is 5.32 Å². The standard InChI is InChI=1S/C27H25NO6/c1-3-18-9-5-6-10-21(18)28-26(29)17-32-19-13-14-20-24(15-19)33-16-25(27(20)30)34-23-12-8-7-11-22(23)31-4-2/h5-16H,3-4,17H2,1-2H3,(H,28,29). The molecule has 4 aromatic rings. The van der Waals surface area contributed by atoms with Crippen LogP contribution in [-0.4, -0.2) is 19.1 Å². The Morgan fingerprint density at radius 1 is 0.912 bits per heavy atom. The summed E-state index contributed by atoms with van der Waals surface area (Å²) in [7, 11) is 0. The Morgan fingerprint density at radius 3 is 2.47 bits per heavy atom. The van der Waals surface area contributed by atoms with Crippen LogP contribution in [0, 0.1) is 0 Å². The second kappa shape index (κ2) is 10.6. The quantitative estimate of drug-likeness (QED) is 0.352. The molecule has 3 aromatic carbocycles. The van der Waals surface area contributed by atoms with Crippen LogP contribution in [0.4, 0.5) is 5.69 Å². The molecule has 0 saturated heterocycles. The highest BCUT2D eigenvalue weighted by molar-refractivity contribution is 5.92. The summed E-state index contributed by atoms with van der Waals surface area (Å²) in [6.07, 6.45) is 2.06. The Bertz CT molecular complexity index is 1360. The van der Waals surface area contributed by atoms with Gasteiger partial charge in [-0.2, -0.15) is 0 Å². The van der Waals surface area contributed by atoms with Crippen molar-refractivity contribution < 1.29 is 23.4 Å². The molecule has 0 aliphatic heterocycles. The maximum Gasteiger partial charge on any atom is 0.262 e. The summed E-state index contributed by atoms with van der Waals surface area (Å²) in [6.45, 7) is 4.19. The number of anilines is 1. The van der Waals surface area contributed by atoms with Crippen LogP contribution >= 0.6 is 0 Å². The van der Waals surface area contributed by atoms with Gasteiger partial charge in [0, 0.05) is 11.8 Å². The number of rotatable bonds is 9. The van der Waals surface area contributed by atoms with E-state index < -0.39 is 0 Å². The molecule has 7 nitrogen and oxygen atoms in total. The molecule has 0 fully saturated rings. The van der Waals surface area contributed by atoms with Crippen LogP contribution in [0.25, 0.3) is 11.0 Å². The summed E-state index contributed by atoms with van der Waals surface area (Å²) >= 11 is 0. The highest BCUT2D eigenvalue weighted by atomic mass is 16.5. The van der Waals surface area contributed by atoms with E-state index in [-0.39, 0.29) is 23.7 Å². The zero-order chi connectivity index (χ0) is 23.9. The smallest absolute Gasteiger partial charge is 0.262 e. The minimum Gasteiger partial charge on any atom is -0.490 e. The number of para-hydroxylation sites is 3. The second-order valence-corrected chi connectivity index (χ2v) is 7.42. The van der Waals surface area contributed by atoms with E-state index in [1.807, 2.05) is 44.2 Å². The third kappa shape index (κ3) is 5.20. The lowest BCUT2D eigenvalue weighted by Gasteiger charge is -2.12. The normalized spacial score (nSPS) is 10.6. The highest BCUT2D eigenvalue weighted by Gasteiger charge is 2.13. The summed E-state index contributed by atoms with van der Waals surface area (Å²) in [5.74, 6) is 1.13. The molecule has 1 amide bonds. The van der Waals surface area contributed by atoms with E-state index in [0.29, 0.717) is 34.8 Å². The number of aryl methyl sites for hydroxylation is 1. The van der Waals surface area contributed by atoms with Crippen molar-refractivity contribution in [2.45, 2.75) is 20.3 Å². The van der Waals surface area contributed by atoms with Gasteiger partial charge in [0.25, 0.3) is 5.91 Å². The van der Waals surface area contributed by atoms with Crippen molar-refractivity contribution in [2.24, 2.45) is 0 Å². The van der Waals surface area contributed by atoms with Crippen LogP contribution in [0.2, 0.25) is 0 Å². The minimum atomic E-state index is -0.326. The molecule has 1 heterocycles. The fourth-order valence-electron chi connectivity index (χ4n) is 3.46. The summed E-state index contributed by atoms with van der Waals surface area (Å²) in [6, 6.07) is 19.5. The molecule has 4 rings (SSSR count). The van der Waals surface area contributed by atoms with Crippen molar-refractivity contribution in [3.8, 4) is 23.0 Å². The van der Waals surface area contributed by atoms with Crippen molar-refractivity contribution in [1.29, 1.82) is 0 Å². The number of fused-ring (bicyclic) bond motifs is 1. The molecule has 0 spiro atoms. The van der Waals surface area contributed by atoms with Gasteiger partial charge in [-0.05, 0) is 49.2 Å². The first-order valence-electron chi connectivity index (χ1n) is 11.0. The largest absolute Gasteiger partial charge is 0.490 e. The molecule has 1 aromatic heterocycles. The van der Waals surface area contributed by atoms with Crippen molar-refractivity contribution in [3.63, 3.8) is 0 Å². The van der Waals surface area contributed by atoms with Crippen molar-refractivity contribution in [3.05, 3.63) is 88.8 Å². The molecule has 7 heteroatoms. The molecular weight excluding hydrogens is 434 g/mol. The van der Waals surface area contributed by atoms with Crippen LogP contribution in [0.15, 0.2) is 82.2 Å². The fraction of sp³-hybridized carbons (Fsp3) is 0.185. The van der Waals surface area contributed by atoms with E-state index in [1.165, 1.54) is 6.26 Å². The zero-order valence-corrected chi connectivity index (χ0v) is 19.0. The van der Waals surface area contributed by atoms with Gasteiger partial charge in [-0.15, -0.1) is 0 Å². The summed E-state index contributed by atoms with van der Waals surface area (Å²) in [4.78, 5) is 25.2. The van der Waals surface area contributed by atoms with Gasteiger partial charge in [0.2, 0.25) is 11.2 Å². The fourth-order valence-corrected chi connectivity index (χ4v) is 3.46. The van der Waals surface area contributed by atoms with Gasteiger partial charge in [0.05, 0.1) is 12.0 Å². The Balaban J connectivity index is 1.46. The Kier molecular flexibility index (Phi) is 7.13. The van der Waals surface area contributed by atoms with E-state index in [4.69, 9.17) is 18.6 Å². The van der Waals surface area contributed by atoms with Gasteiger partial charge < -0.3 is 23.9 Å². The van der Waals surface area contributed by atoms with Crippen molar-refractivity contribution in [1.82, 2.24) is 0 Å². The molecule has 0 atom stereocenters. The van der Waals surface area contributed by atoms with Crippen LogP contribution in [-0.2, 0) is 11.2 Å². The van der Waals surface area contributed by atoms with Gasteiger partial charge in [0.15, 0.2) is 18.1 Å². The summed E-state index contributed by atoms with van der Waals surface area (Å²) in [5.41, 5.74) is 1.81. The molecule has 0 saturated carbocycles. The van der Waals surface area contributed by atoms with Gasteiger partial charge in [-0.25, -0.2) is 0 Å². The maximum absolute atomic E-state index is 12.9. The number of amides is 1. The number of carbonyl (C=O) groups excluding carboxylic acids is 1. The monoisotopic (exact) mass is 459 g/mol. The van der Waals surface area contributed by atoms with Gasteiger partial charge in [0.1, 0.15) is 17.6 Å². The van der Waals surface area contributed by atoms with Gasteiger partial charge in [-0.3, -0.25) is 9.59 Å². The first-order valence-corrected chi connectivity index (χ1v) is 11.0. The SMILES string of the molecule is CCOc1ccccc1Oc1coc2cc(OCC(=O)Nc3ccccc3CC)ccc2c1=O. The van der Waals surface area contributed by atoms with E-state index >= 15 is 0 Å². The molecule has 0 radical (unpaired) electrons. The first kappa shape index (κ1) is 22.9. The van der Waals surface area contributed by atoms with Gasteiger partial charge in [-0.1, -0.05) is 37.3 Å². The second-order valence-electron chi connectivity index (χ2n) is 7.42. The predicted molar refractivity (Wildman–Crippen MR) is 130 cm³/mol. The molecular formula is C27H25NO6. The maximum atomic E-state index is 12.9. The summed E-state index contributed by atoms with van der Waals surface area (Å²) in [5, 5.41) is 3.19. The number of nitrogens with one attached hydrogen (secondary N) is 1. The Hall–Kier alpha value is -4.26. The summed E-state index contributed by atoms with van der Waals surface area (Å²) < 4.78 is 22.5. The minimum absolute atomic E-state index is 0.0438. The molecule has 1 N–H and O–H groups in total. The lowest BCUT2D eigenvalue weighted by Crippen LogP contribution is -2.20. The lowest BCUT2D eigenvalue weighted by atomic mass is 10.1. The van der Waals surface area contributed by atoms with Crippen LogP contribution in [0.5, 0.6) is 23.0 Å². The lowest BCUT2D eigenvalue weighted by molar-refractivity contribution is -0.118. The zero-order valence-electron chi connectivity index (χ0n) is 19.0. The predicted octanol–water partition coefficient (Wildman–Crippen LogP) is 5.56. The van der Waals surface area contributed by atoms with Crippen LogP contribution in [0.1, 0.15) is 19.4 Å². The number of hydrogen-bond acceptors (Lipinski definition) is 6. The topological polar surface area (TPSA) is 87.0 Å². The average Bonchev–Trinajstić information content (AvgIpc) is 2.86. The van der Waals surface area contributed by atoms with Crippen LogP contribution in [0.3, 0.4) is 0 Å². The third-order valence-electron chi connectivity index (χ3n) is 5.13. The van der Waals surface area contributed by atoms with Crippen molar-refractivity contribution in [2.75, 3.05) is 18.5 Å². The molecule has 174 valence electrons. The molecule has 0 unspecified atom stereocenters. The number of benzene rings is 3. The Labute approximate surface area is 196 Å². The molecule has 0 aliphatic rings. The number of carbonyl (C=O) groups is 1. The van der Waals surface area contributed by atoms with E-state index in [1.54, 1.807) is 36.4 Å². The molecule has 0 bridgehead atoms. The van der Waals surface area contributed by atoms with E-state index in [0.717, 1.165) is 17.7 Å².